The number of nitrogens with one attached hydrogen (secondary N) is 3. The third-order valence-corrected chi connectivity index (χ3v) is 4.13. The second kappa shape index (κ2) is 10.4. The van der Waals surface area contributed by atoms with Crippen LogP contribution in [-0.4, -0.2) is 66.9 Å². The number of hydrogen-bond acceptors (Lipinski definition) is 6. The fourth-order valence-corrected chi connectivity index (χ4v) is 2.72. The number of allylic oxidation sites excluding steroid dienone is 1. The van der Waals surface area contributed by atoms with Crippen LogP contribution < -0.4 is 10.6 Å². The molecule has 0 saturated carbocycles. The first-order valence-electron chi connectivity index (χ1n) is 8.91. The van der Waals surface area contributed by atoms with Gasteiger partial charge in [0.1, 0.15) is 5.82 Å². The van der Waals surface area contributed by atoms with E-state index in [2.05, 4.69) is 22.5 Å². The predicted octanol–water partition coefficient (Wildman–Crippen LogP) is 1.82. The summed E-state index contributed by atoms with van der Waals surface area (Å²) >= 11 is 0. The number of anilines is 1. The molecule has 0 bridgehead atoms. The van der Waals surface area contributed by atoms with E-state index in [9.17, 15) is 4.79 Å². The Morgan fingerprint density at radius 2 is 2.19 bits per heavy atom. The summed E-state index contributed by atoms with van der Waals surface area (Å²) in [7, 11) is 0. The molecule has 2 amide bonds. The maximum Gasteiger partial charge on any atom is 0.319 e. The van der Waals surface area contributed by atoms with E-state index in [1.807, 2.05) is 19.1 Å². The lowest BCUT2D eigenvalue weighted by Crippen LogP contribution is -2.42. The maximum atomic E-state index is 11.6. The molecule has 1 aliphatic rings. The van der Waals surface area contributed by atoms with Gasteiger partial charge < -0.3 is 30.8 Å². The Labute approximate surface area is 159 Å². The number of aliphatic imine (C=N–C) groups is 1. The van der Waals surface area contributed by atoms with E-state index in [-0.39, 0.29) is 25.2 Å². The van der Waals surface area contributed by atoms with Gasteiger partial charge in [0.25, 0.3) is 0 Å². The molecule has 1 heterocycles. The number of hydrogen-bond donors (Lipinski definition) is 4. The Hall–Kier alpha value is -2.71. The second-order valence-corrected chi connectivity index (χ2v) is 6.19. The quantitative estimate of drug-likeness (QED) is 0.547. The van der Waals surface area contributed by atoms with Crippen molar-refractivity contribution in [3.8, 4) is 0 Å². The smallest absolute Gasteiger partial charge is 0.319 e. The maximum absolute atomic E-state index is 11.6. The van der Waals surface area contributed by atoms with Crippen LogP contribution in [0.15, 0.2) is 41.2 Å². The average molecular weight is 373 g/mol. The largest absolute Gasteiger partial charge is 0.395 e. The van der Waals surface area contributed by atoms with E-state index in [4.69, 9.17) is 20.2 Å². The summed E-state index contributed by atoms with van der Waals surface area (Å²) in [6.45, 7) is 6.12. The molecule has 146 valence electrons. The van der Waals surface area contributed by atoms with E-state index in [0.717, 1.165) is 23.6 Å². The fraction of sp³-hybridized carbons (Fsp3) is 0.421. The number of rotatable bonds is 7. The number of aliphatic hydroxyl groups is 1. The molecule has 0 radical (unpaired) electrons. The molecule has 0 aliphatic carbocycles. The minimum Gasteiger partial charge on any atom is -0.395 e. The SMILES string of the molecule is C/C(=N\C(=C/C=N)N1CCOC[C@@H]1C)c1ccc(NC(=O)NCCO)cc1. The molecule has 2 rings (SSSR count). The summed E-state index contributed by atoms with van der Waals surface area (Å²) in [6, 6.07) is 7.19. The predicted molar refractivity (Wildman–Crippen MR) is 107 cm³/mol. The zero-order chi connectivity index (χ0) is 19.6. The number of amides is 2. The molecule has 1 aromatic rings. The van der Waals surface area contributed by atoms with E-state index >= 15 is 0 Å². The highest BCUT2D eigenvalue weighted by atomic mass is 16.5. The third-order valence-electron chi connectivity index (χ3n) is 4.13. The summed E-state index contributed by atoms with van der Waals surface area (Å²) in [5.74, 6) is 0.740. The lowest BCUT2D eigenvalue weighted by atomic mass is 10.1. The van der Waals surface area contributed by atoms with Crippen molar-refractivity contribution in [1.82, 2.24) is 10.2 Å². The minimum atomic E-state index is -0.361. The van der Waals surface area contributed by atoms with Crippen molar-refractivity contribution in [2.45, 2.75) is 19.9 Å². The van der Waals surface area contributed by atoms with Crippen LogP contribution >= 0.6 is 0 Å². The summed E-state index contributed by atoms with van der Waals surface area (Å²) < 4.78 is 5.47. The van der Waals surface area contributed by atoms with Crippen LogP contribution in [0.3, 0.4) is 0 Å². The van der Waals surface area contributed by atoms with Crippen LogP contribution in [0.5, 0.6) is 0 Å². The number of aliphatic hydroxyl groups excluding tert-OH is 1. The van der Waals surface area contributed by atoms with Crippen molar-refractivity contribution in [2.24, 2.45) is 4.99 Å². The molecule has 27 heavy (non-hydrogen) atoms. The Morgan fingerprint density at radius 1 is 1.44 bits per heavy atom. The number of morpholine rings is 1. The van der Waals surface area contributed by atoms with Crippen LogP contribution in [0.4, 0.5) is 10.5 Å². The van der Waals surface area contributed by atoms with Gasteiger partial charge in [-0.2, -0.15) is 0 Å². The van der Waals surface area contributed by atoms with Crippen molar-refractivity contribution in [3.63, 3.8) is 0 Å². The molecule has 1 aliphatic heterocycles. The van der Waals surface area contributed by atoms with Gasteiger partial charge >= 0.3 is 6.03 Å². The lowest BCUT2D eigenvalue weighted by Gasteiger charge is -2.35. The Kier molecular flexibility index (Phi) is 7.97. The molecule has 1 atom stereocenters. The third kappa shape index (κ3) is 6.19. The first-order chi connectivity index (χ1) is 13.0. The number of carbonyl (C=O) groups excluding carboxylic acids is 1. The number of benzene rings is 1. The van der Waals surface area contributed by atoms with Gasteiger partial charge in [-0.3, -0.25) is 0 Å². The molecule has 1 aromatic carbocycles. The van der Waals surface area contributed by atoms with Crippen LogP contribution in [0.25, 0.3) is 0 Å². The molecule has 8 heteroatoms. The summed E-state index contributed by atoms with van der Waals surface area (Å²) in [5.41, 5.74) is 2.39. The van der Waals surface area contributed by atoms with Gasteiger partial charge in [-0.15, -0.1) is 0 Å². The van der Waals surface area contributed by atoms with Crippen molar-refractivity contribution in [3.05, 3.63) is 41.7 Å². The molecule has 4 N–H and O–H groups in total. The minimum absolute atomic E-state index is 0.102. The Morgan fingerprint density at radius 3 is 2.81 bits per heavy atom. The summed E-state index contributed by atoms with van der Waals surface area (Å²) in [5, 5.41) is 21.4. The summed E-state index contributed by atoms with van der Waals surface area (Å²) in [6.07, 6.45) is 2.93. The number of urea groups is 1. The van der Waals surface area contributed by atoms with Crippen LogP contribution in [0.2, 0.25) is 0 Å². The first kappa shape index (κ1) is 20.6. The van der Waals surface area contributed by atoms with Gasteiger partial charge in [0, 0.05) is 30.7 Å². The van der Waals surface area contributed by atoms with E-state index in [1.165, 1.54) is 6.21 Å². The fourth-order valence-electron chi connectivity index (χ4n) is 2.72. The number of ether oxygens (including phenoxy) is 1. The highest BCUT2D eigenvalue weighted by Gasteiger charge is 2.20. The van der Waals surface area contributed by atoms with Crippen LogP contribution in [0.1, 0.15) is 19.4 Å². The van der Waals surface area contributed by atoms with Crippen molar-refractivity contribution >= 4 is 23.6 Å². The van der Waals surface area contributed by atoms with Crippen LogP contribution in [-0.2, 0) is 4.74 Å². The van der Waals surface area contributed by atoms with Gasteiger partial charge in [0.15, 0.2) is 0 Å². The molecule has 1 saturated heterocycles. The normalized spacial score (nSPS) is 18.2. The van der Waals surface area contributed by atoms with Crippen LogP contribution in [0, 0.1) is 5.41 Å². The van der Waals surface area contributed by atoms with Crippen molar-refractivity contribution in [2.75, 3.05) is 38.2 Å². The highest BCUT2D eigenvalue weighted by molar-refractivity contribution is 6.00. The molecular weight excluding hydrogens is 346 g/mol. The standard InChI is InChI=1S/C19H27N5O3/c1-14-13-27-12-10-24(14)18(7-8-20)22-15(2)16-3-5-17(6-4-16)23-19(26)21-9-11-25/h3-8,14,20,25H,9-13H2,1-2H3,(H2,21,23,26)/b18-7+,20-8?,22-15+/t14-/m0/s1. The van der Waals surface area contributed by atoms with E-state index in [1.54, 1.807) is 18.2 Å². The molecule has 0 unspecified atom stereocenters. The van der Waals surface area contributed by atoms with Gasteiger partial charge in [0.2, 0.25) is 0 Å². The van der Waals surface area contributed by atoms with Crippen molar-refractivity contribution in [1.29, 1.82) is 5.41 Å². The molecule has 0 spiro atoms. The number of nitrogens with zero attached hydrogens (tertiary/aromatic N) is 2. The van der Waals surface area contributed by atoms with Gasteiger partial charge in [0.05, 0.1) is 25.9 Å². The van der Waals surface area contributed by atoms with Gasteiger partial charge in [-0.05, 0) is 37.6 Å². The first-order valence-corrected chi connectivity index (χ1v) is 8.91. The Bertz CT molecular complexity index is 700. The lowest BCUT2D eigenvalue weighted by molar-refractivity contribution is 0.0165. The molecular formula is C19H27N5O3. The highest BCUT2D eigenvalue weighted by Crippen LogP contribution is 2.17. The number of carbonyl (C=O) groups is 1. The monoisotopic (exact) mass is 373 g/mol. The average Bonchev–Trinajstić information content (AvgIpc) is 2.67. The Balaban J connectivity index is 2.10. The van der Waals surface area contributed by atoms with Crippen molar-refractivity contribution < 1.29 is 14.6 Å². The topological polar surface area (TPSA) is 110 Å². The molecule has 1 fully saturated rings. The second-order valence-electron chi connectivity index (χ2n) is 6.19. The molecule has 0 aromatic heterocycles. The zero-order valence-electron chi connectivity index (χ0n) is 15.7. The van der Waals surface area contributed by atoms with Gasteiger partial charge in [-0.25, -0.2) is 9.79 Å². The van der Waals surface area contributed by atoms with Gasteiger partial charge in [-0.1, -0.05) is 12.1 Å². The molecule has 8 nitrogen and oxygen atoms in total. The van der Waals surface area contributed by atoms with E-state index < -0.39 is 0 Å². The zero-order valence-corrected chi connectivity index (χ0v) is 15.7. The summed E-state index contributed by atoms with van der Waals surface area (Å²) in [4.78, 5) is 18.5. The van der Waals surface area contributed by atoms with E-state index in [0.29, 0.717) is 18.9 Å².